The molecule has 0 aromatic carbocycles. The van der Waals surface area contributed by atoms with Crippen LogP contribution in [0.15, 0.2) is 36.5 Å². The topological polar surface area (TPSA) is 12.9 Å². The summed E-state index contributed by atoms with van der Waals surface area (Å²) in [7, 11) is 0. The van der Waals surface area contributed by atoms with Gasteiger partial charge in [0.1, 0.15) is 0 Å². The molecule has 0 atom stereocenters. The lowest BCUT2D eigenvalue weighted by atomic mass is 10.1. The van der Waals surface area contributed by atoms with E-state index in [4.69, 9.17) is 0 Å². The van der Waals surface area contributed by atoms with E-state index in [2.05, 4.69) is 37.0 Å². The molecule has 2 rings (SSSR count). The van der Waals surface area contributed by atoms with E-state index in [0.29, 0.717) is 0 Å². The largest absolute Gasteiger partial charge is 0.255 e. The number of nitrogens with zero attached hydrogens (tertiary/aromatic N) is 1. The van der Waals surface area contributed by atoms with Crippen LogP contribution in [0.4, 0.5) is 0 Å². The highest BCUT2D eigenvalue weighted by Gasteiger charge is 2.04. The second-order valence-electron chi connectivity index (χ2n) is 4.41. The minimum atomic E-state index is 0.778. The van der Waals surface area contributed by atoms with Gasteiger partial charge >= 0.3 is 0 Å². The van der Waals surface area contributed by atoms with Crippen molar-refractivity contribution in [1.82, 2.24) is 4.98 Å². The molecule has 0 spiro atoms. The average Bonchev–Trinajstić information content (AvgIpc) is 2.76. The van der Waals surface area contributed by atoms with Gasteiger partial charge in [-0.15, -0.1) is 11.3 Å². The summed E-state index contributed by atoms with van der Waals surface area (Å²) in [6.07, 6.45) is 4.31. The summed E-state index contributed by atoms with van der Waals surface area (Å²) < 4.78 is 0. The molecule has 0 N–H and O–H groups in total. The average molecular weight is 231 g/mol. The van der Waals surface area contributed by atoms with Gasteiger partial charge < -0.3 is 0 Å². The van der Waals surface area contributed by atoms with E-state index in [9.17, 15) is 0 Å². The highest BCUT2D eigenvalue weighted by Crippen LogP contribution is 2.27. The first-order valence-electron chi connectivity index (χ1n) is 5.76. The molecule has 0 radical (unpaired) electrons. The fourth-order valence-corrected chi connectivity index (χ4v) is 2.59. The van der Waals surface area contributed by atoms with E-state index in [1.165, 1.54) is 22.6 Å². The van der Waals surface area contributed by atoms with Crippen molar-refractivity contribution in [3.8, 4) is 10.6 Å². The predicted octanol–water partition coefficient (Wildman–Crippen LogP) is 4.40. The highest BCUT2D eigenvalue weighted by atomic mass is 32.1. The maximum Gasteiger partial charge on any atom is 0.0801 e. The fraction of sp³-hybridized carbons (Fsp3) is 0.357. The molecule has 0 amide bonds. The van der Waals surface area contributed by atoms with Gasteiger partial charge in [-0.1, -0.05) is 19.9 Å². The van der Waals surface area contributed by atoms with Gasteiger partial charge in [0.2, 0.25) is 0 Å². The van der Waals surface area contributed by atoms with Crippen LogP contribution in [0.3, 0.4) is 0 Å². The molecule has 0 aliphatic rings. The van der Waals surface area contributed by atoms with Crippen LogP contribution in [0.25, 0.3) is 10.6 Å². The number of aromatic nitrogens is 1. The normalized spacial score (nSPS) is 10.9. The number of hydrogen-bond acceptors (Lipinski definition) is 2. The summed E-state index contributed by atoms with van der Waals surface area (Å²) in [5, 5.41) is 0. The summed E-state index contributed by atoms with van der Waals surface area (Å²) in [5.41, 5.74) is 1.09. The summed E-state index contributed by atoms with van der Waals surface area (Å²) in [4.78, 5) is 7.11. The zero-order valence-electron chi connectivity index (χ0n) is 9.81. The second kappa shape index (κ2) is 5.26. The minimum absolute atomic E-state index is 0.778. The number of aryl methyl sites for hydroxylation is 1. The van der Waals surface area contributed by atoms with E-state index < -0.39 is 0 Å². The van der Waals surface area contributed by atoms with Crippen molar-refractivity contribution in [2.45, 2.75) is 26.7 Å². The lowest BCUT2D eigenvalue weighted by Gasteiger charge is -2.01. The maximum atomic E-state index is 4.37. The number of pyridine rings is 1. The van der Waals surface area contributed by atoms with Gasteiger partial charge in [0.25, 0.3) is 0 Å². The Morgan fingerprint density at radius 1 is 1.19 bits per heavy atom. The third-order valence-corrected chi connectivity index (χ3v) is 3.71. The molecule has 2 aromatic heterocycles. The highest BCUT2D eigenvalue weighted by molar-refractivity contribution is 7.15. The molecule has 0 aliphatic heterocycles. The van der Waals surface area contributed by atoms with Gasteiger partial charge in [-0.05, 0) is 43.0 Å². The Morgan fingerprint density at radius 3 is 2.75 bits per heavy atom. The number of hydrogen-bond donors (Lipinski definition) is 0. The zero-order chi connectivity index (χ0) is 11.4. The number of thiophene rings is 1. The van der Waals surface area contributed by atoms with Gasteiger partial charge in [0, 0.05) is 11.1 Å². The Kier molecular flexibility index (Phi) is 3.73. The molecule has 2 aromatic rings. The lowest BCUT2D eigenvalue weighted by molar-refractivity contribution is 0.590. The van der Waals surface area contributed by atoms with Crippen molar-refractivity contribution < 1.29 is 0 Å². The lowest BCUT2D eigenvalue weighted by Crippen LogP contribution is -1.88. The molecule has 0 fully saturated rings. The van der Waals surface area contributed by atoms with Crippen LogP contribution in [0.5, 0.6) is 0 Å². The van der Waals surface area contributed by atoms with E-state index in [1.807, 2.05) is 29.7 Å². The molecule has 0 saturated carbocycles. The standard InChI is InChI=1S/C14H17NS/c1-11(2)6-7-12-8-9-14(16-12)13-5-3-4-10-15-13/h3-5,8-11H,6-7H2,1-2H3. The molecule has 0 saturated heterocycles. The van der Waals surface area contributed by atoms with Crippen molar-refractivity contribution in [3.63, 3.8) is 0 Å². The second-order valence-corrected chi connectivity index (χ2v) is 5.58. The molecule has 0 bridgehead atoms. The van der Waals surface area contributed by atoms with Crippen LogP contribution >= 0.6 is 11.3 Å². The summed E-state index contributed by atoms with van der Waals surface area (Å²) >= 11 is 1.87. The third-order valence-electron chi connectivity index (χ3n) is 2.55. The Bertz CT molecular complexity index is 431. The van der Waals surface area contributed by atoms with E-state index in [0.717, 1.165) is 11.6 Å². The van der Waals surface area contributed by atoms with Crippen LogP contribution in [-0.2, 0) is 6.42 Å². The molecular formula is C14H17NS. The minimum Gasteiger partial charge on any atom is -0.255 e. The Labute approximate surface area is 101 Å². The van der Waals surface area contributed by atoms with E-state index in [1.54, 1.807) is 0 Å². The zero-order valence-corrected chi connectivity index (χ0v) is 10.6. The third kappa shape index (κ3) is 2.92. The van der Waals surface area contributed by atoms with Crippen LogP contribution in [0.2, 0.25) is 0 Å². The van der Waals surface area contributed by atoms with Gasteiger partial charge in [-0.25, -0.2) is 0 Å². The monoisotopic (exact) mass is 231 g/mol. The first-order valence-corrected chi connectivity index (χ1v) is 6.57. The molecule has 84 valence electrons. The molecule has 2 heteroatoms. The maximum absolute atomic E-state index is 4.37. The van der Waals surface area contributed by atoms with E-state index >= 15 is 0 Å². The van der Waals surface area contributed by atoms with Crippen molar-refractivity contribution in [1.29, 1.82) is 0 Å². The van der Waals surface area contributed by atoms with Crippen LogP contribution in [-0.4, -0.2) is 4.98 Å². The molecule has 0 aliphatic carbocycles. The van der Waals surface area contributed by atoms with Crippen molar-refractivity contribution in [3.05, 3.63) is 41.4 Å². The van der Waals surface area contributed by atoms with Gasteiger partial charge in [0.15, 0.2) is 0 Å². The smallest absolute Gasteiger partial charge is 0.0801 e. The van der Waals surface area contributed by atoms with Crippen molar-refractivity contribution in [2.75, 3.05) is 0 Å². The van der Waals surface area contributed by atoms with Crippen molar-refractivity contribution in [2.24, 2.45) is 5.92 Å². The predicted molar refractivity (Wildman–Crippen MR) is 70.7 cm³/mol. The Hall–Kier alpha value is -1.15. The van der Waals surface area contributed by atoms with Gasteiger partial charge in [-0.2, -0.15) is 0 Å². The Morgan fingerprint density at radius 2 is 2.06 bits per heavy atom. The van der Waals surface area contributed by atoms with Crippen LogP contribution < -0.4 is 0 Å². The first kappa shape index (κ1) is 11.3. The van der Waals surface area contributed by atoms with Gasteiger partial charge in [0.05, 0.1) is 10.6 Å². The van der Waals surface area contributed by atoms with Crippen LogP contribution in [0.1, 0.15) is 25.1 Å². The molecule has 0 unspecified atom stereocenters. The fourth-order valence-electron chi connectivity index (χ4n) is 1.59. The summed E-state index contributed by atoms with van der Waals surface area (Å²) in [6, 6.07) is 10.5. The summed E-state index contributed by atoms with van der Waals surface area (Å²) in [6.45, 7) is 4.54. The molecule has 1 nitrogen and oxygen atoms in total. The van der Waals surface area contributed by atoms with Crippen LogP contribution in [0, 0.1) is 5.92 Å². The quantitative estimate of drug-likeness (QED) is 0.760. The summed E-state index contributed by atoms with van der Waals surface area (Å²) in [5.74, 6) is 0.778. The SMILES string of the molecule is CC(C)CCc1ccc(-c2ccccn2)s1. The molecular weight excluding hydrogens is 214 g/mol. The Balaban J connectivity index is 2.08. The number of rotatable bonds is 4. The first-order chi connectivity index (χ1) is 7.75. The molecule has 16 heavy (non-hydrogen) atoms. The van der Waals surface area contributed by atoms with Crippen molar-refractivity contribution >= 4 is 11.3 Å². The molecule has 2 heterocycles. The van der Waals surface area contributed by atoms with Gasteiger partial charge in [-0.3, -0.25) is 4.98 Å². The van der Waals surface area contributed by atoms with E-state index in [-0.39, 0.29) is 0 Å².